The summed E-state index contributed by atoms with van der Waals surface area (Å²) in [4.78, 5) is 31.0. The number of nitrogens with one attached hydrogen (secondary N) is 1. The third kappa shape index (κ3) is 4.77. The molecule has 9 heteroatoms. The second-order valence-electron chi connectivity index (χ2n) is 7.93. The molecule has 0 radical (unpaired) electrons. The van der Waals surface area contributed by atoms with Gasteiger partial charge >= 0.3 is 0 Å². The molecule has 0 unspecified atom stereocenters. The number of benzene rings is 1. The number of sulfonamides is 1. The quantitative estimate of drug-likeness (QED) is 0.766. The van der Waals surface area contributed by atoms with Crippen LogP contribution in [-0.2, 0) is 14.8 Å². The van der Waals surface area contributed by atoms with Crippen LogP contribution in [0.3, 0.4) is 0 Å². The standard InChI is InChI=1S/C22H26N4O4S/c27-21(24-19-7-5-18(6-8-19)22(28)25-12-1-2-13-25)17-9-14-26(15-10-17)31(29,30)20-4-3-11-23-16-20/h3-8,11,16-17H,1-2,9-10,12-15H2,(H,24,27). The number of hydrogen-bond acceptors (Lipinski definition) is 5. The number of aromatic nitrogens is 1. The molecule has 164 valence electrons. The van der Waals surface area contributed by atoms with Crippen LogP contribution >= 0.6 is 0 Å². The smallest absolute Gasteiger partial charge is 0.253 e. The van der Waals surface area contributed by atoms with Crippen molar-refractivity contribution in [3.8, 4) is 0 Å². The fourth-order valence-corrected chi connectivity index (χ4v) is 5.48. The van der Waals surface area contributed by atoms with Crippen molar-refractivity contribution in [2.45, 2.75) is 30.6 Å². The van der Waals surface area contributed by atoms with Crippen LogP contribution in [0, 0.1) is 5.92 Å². The zero-order valence-corrected chi connectivity index (χ0v) is 18.1. The van der Waals surface area contributed by atoms with Gasteiger partial charge in [-0.2, -0.15) is 4.31 Å². The van der Waals surface area contributed by atoms with Crippen molar-refractivity contribution in [3.05, 3.63) is 54.4 Å². The highest BCUT2D eigenvalue weighted by Crippen LogP contribution is 2.25. The minimum Gasteiger partial charge on any atom is -0.339 e. The molecule has 1 N–H and O–H groups in total. The largest absolute Gasteiger partial charge is 0.339 e. The molecule has 0 spiro atoms. The molecule has 2 aliphatic heterocycles. The Bertz CT molecular complexity index is 1030. The first-order valence-electron chi connectivity index (χ1n) is 10.6. The number of carbonyl (C=O) groups excluding carboxylic acids is 2. The lowest BCUT2D eigenvalue weighted by Gasteiger charge is -2.30. The number of anilines is 1. The van der Waals surface area contributed by atoms with E-state index in [0.29, 0.717) is 37.2 Å². The van der Waals surface area contributed by atoms with E-state index in [1.54, 1.807) is 30.3 Å². The summed E-state index contributed by atoms with van der Waals surface area (Å²) in [5.41, 5.74) is 1.25. The number of carbonyl (C=O) groups is 2. The summed E-state index contributed by atoms with van der Waals surface area (Å²) in [6, 6.07) is 10.1. The molecule has 1 aromatic heterocycles. The number of rotatable bonds is 5. The first-order valence-corrected chi connectivity index (χ1v) is 12.0. The van der Waals surface area contributed by atoms with Gasteiger partial charge in [-0.05, 0) is 62.1 Å². The average molecular weight is 443 g/mol. The van der Waals surface area contributed by atoms with Gasteiger partial charge in [0.1, 0.15) is 4.90 Å². The number of likely N-dealkylation sites (tertiary alicyclic amines) is 1. The summed E-state index contributed by atoms with van der Waals surface area (Å²) < 4.78 is 26.8. The van der Waals surface area contributed by atoms with Crippen molar-refractivity contribution in [2.24, 2.45) is 5.92 Å². The van der Waals surface area contributed by atoms with Crippen LogP contribution < -0.4 is 5.32 Å². The lowest BCUT2D eigenvalue weighted by molar-refractivity contribution is -0.120. The zero-order valence-electron chi connectivity index (χ0n) is 17.2. The lowest BCUT2D eigenvalue weighted by Crippen LogP contribution is -2.41. The van der Waals surface area contributed by atoms with Gasteiger partial charge in [0.25, 0.3) is 5.91 Å². The Labute approximate surface area is 182 Å². The van der Waals surface area contributed by atoms with E-state index in [1.165, 1.54) is 22.8 Å². The first-order chi connectivity index (χ1) is 14.9. The molecule has 4 rings (SSSR count). The fraction of sp³-hybridized carbons (Fsp3) is 0.409. The molecular formula is C22H26N4O4S. The van der Waals surface area contributed by atoms with Gasteiger partial charge in [0.15, 0.2) is 0 Å². The van der Waals surface area contributed by atoms with Gasteiger partial charge in [-0.1, -0.05) is 0 Å². The van der Waals surface area contributed by atoms with Gasteiger partial charge in [-0.25, -0.2) is 8.42 Å². The molecule has 2 aromatic rings. The van der Waals surface area contributed by atoms with Gasteiger partial charge in [0.2, 0.25) is 15.9 Å². The predicted octanol–water partition coefficient (Wildman–Crippen LogP) is 2.36. The van der Waals surface area contributed by atoms with E-state index in [4.69, 9.17) is 0 Å². The topological polar surface area (TPSA) is 99.7 Å². The normalized spacial score (nSPS) is 18.1. The second-order valence-corrected chi connectivity index (χ2v) is 9.87. The highest BCUT2D eigenvalue weighted by Gasteiger charge is 2.32. The van der Waals surface area contributed by atoms with Crippen molar-refractivity contribution in [2.75, 3.05) is 31.5 Å². The van der Waals surface area contributed by atoms with Crippen molar-refractivity contribution >= 4 is 27.5 Å². The molecule has 8 nitrogen and oxygen atoms in total. The number of hydrogen-bond donors (Lipinski definition) is 1. The second kappa shape index (κ2) is 9.15. The summed E-state index contributed by atoms with van der Waals surface area (Å²) in [7, 11) is -3.59. The summed E-state index contributed by atoms with van der Waals surface area (Å²) in [5, 5.41) is 2.89. The summed E-state index contributed by atoms with van der Waals surface area (Å²) >= 11 is 0. The number of nitrogens with zero attached hydrogens (tertiary/aromatic N) is 3. The SMILES string of the molecule is O=C(Nc1ccc(C(=O)N2CCCC2)cc1)C1CCN(S(=O)(=O)c2cccnc2)CC1. The van der Waals surface area contributed by atoms with E-state index in [2.05, 4.69) is 10.3 Å². The molecule has 2 fully saturated rings. The van der Waals surface area contributed by atoms with Crippen LogP contribution in [0.5, 0.6) is 0 Å². The van der Waals surface area contributed by atoms with Gasteiger partial charge in [-0.3, -0.25) is 14.6 Å². The molecule has 1 aromatic carbocycles. The Balaban J connectivity index is 1.31. The molecule has 0 atom stereocenters. The predicted molar refractivity (Wildman–Crippen MR) is 116 cm³/mol. The summed E-state index contributed by atoms with van der Waals surface area (Å²) in [6.45, 7) is 2.18. The molecule has 0 bridgehead atoms. The van der Waals surface area contributed by atoms with Gasteiger partial charge in [0, 0.05) is 55.7 Å². The molecule has 2 aliphatic rings. The maximum absolute atomic E-state index is 12.7. The number of amides is 2. The third-order valence-electron chi connectivity index (χ3n) is 5.89. The minimum atomic E-state index is -3.59. The van der Waals surface area contributed by atoms with Gasteiger partial charge < -0.3 is 10.2 Å². The summed E-state index contributed by atoms with van der Waals surface area (Å²) in [6.07, 6.45) is 5.87. The van der Waals surface area contributed by atoms with E-state index >= 15 is 0 Å². The monoisotopic (exact) mass is 442 g/mol. The zero-order chi connectivity index (χ0) is 21.8. The van der Waals surface area contributed by atoms with Crippen molar-refractivity contribution in [3.63, 3.8) is 0 Å². The average Bonchev–Trinajstić information content (AvgIpc) is 3.35. The van der Waals surface area contributed by atoms with Crippen LogP contribution in [0.4, 0.5) is 5.69 Å². The Morgan fingerprint density at radius 2 is 1.65 bits per heavy atom. The first kappa shape index (κ1) is 21.5. The van der Waals surface area contributed by atoms with Crippen LogP contribution in [0.2, 0.25) is 0 Å². The minimum absolute atomic E-state index is 0.0255. The van der Waals surface area contributed by atoms with E-state index < -0.39 is 10.0 Å². The highest BCUT2D eigenvalue weighted by molar-refractivity contribution is 7.89. The lowest BCUT2D eigenvalue weighted by atomic mass is 9.97. The molecule has 2 saturated heterocycles. The van der Waals surface area contributed by atoms with Gasteiger partial charge in [-0.15, -0.1) is 0 Å². The maximum Gasteiger partial charge on any atom is 0.253 e. The van der Waals surface area contributed by atoms with Crippen molar-refractivity contribution < 1.29 is 18.0 Å². The van der Waals surface area contributed by atoms with E-state index in [-0.39, 0.29) is 22.6 Å². The van der Waals surface area contributed by atoms with Crippen LogP contribution in [0.15, 0.2) is 53.7 Å². The van der Waals surface area contributed by atoms with Crippen LogP contribution in [-0.4, -0.2) is 60.6 Å². The van der Waals surface area contributed by atoms with Gasteiger partial charge in [0.05, 0.1) is 0 Å². The Morgan fingerprint density at radius 1 is 0.968 bits per heavy atom. The van der Waals surface area contributed by atoms with Crippen LogP contribution in [0.25, 0.3) is 0 Å². The molecule has 31 heavy (non-hydrogen) atoms. The fourth-order valence-electron chi connectivity index (χ4n) is 4.05. The molecule has 3 heterocycles. The van der Waals surface area contributed by atoms with E-state index in [1.807, 2.05) is 4.90 Å². The Hall–Kier alpha value is -2.78. The number of pyridine rings is 1. The molecule has 0 aliphatic carbocycles. The highest BCUT2D eigenvalue weighted by atomic mass is 32.2. The summed E-state index contributed by atoms with van der Waals surface area (Å²) in [5.74, 6) is -0.360. The molecular weight excluding hydrogens is 416 g/mol. The van der Waals surface area contributed by atoms with E-state index in [0.717, 1.165) is 25.9 Å². The third-order valence-corrected chi connectivity index (χ3v) is 7.77. The van der Waals surface area contributed by atoms with Crippen molar-refractivity contribution in [1.82, 2.24) is 14.2 Å². The Morgan fingerprint density at radius 3 is 2.26 bits per heavy atom. The Kier molecular flexibility index (Phi) is 6.33. The molecule has 2 amide bonds. The van der Waals surface area contributed by atoms with Crippen molar-refractivity contribution in [1.29, 1.82) is 0 Å². The van der Waals surface area contributed by atoms with E-state index in [9.17, 15) is 18.0 Å². The van der Waals surface area contributed by atoms with Crippen LogP contribution in [0.1, 0.15) is 36.0 Å². The molecule has 0 saturated carbocycles. The maximum atomic E-state index is 12.7. The number of piperidine rings is 1.